The number of halogens is 4. The molecule has 0 fully saturated rings. The molecule has 2 rings (SSSR count). The number of amides is 1. The summed E-state index contributed by atoms with van der Waals surface area (Å²) in [6, 6.07) is 0.266. The number of rotatable bonds is 1. The minimum Gasteiger partial charge on any atom is -0.446 e. The van der Waals surface area contributed by atoms with Crippen molar-refractivity contribution < 1.29 is 27.1 Å². The second-order valence-electron chi connectivity index (χ2n) is 5.88. The molecule has 1 amide bonds. The quantitative estimate of drug-likeness (QED) is 0.790. The van der Waals surface area contributed by atoms with Crippen LogP contribution in [0.5, 0.6) is 0 Å². The van der Waals surface area contributed by atoms with E-state index >= 15 is 0 Å². The van der Waals surface area contributed by atoms with Gasteiger partial charge in [0.1, 0.15) is 5.82 Å². The van der Waals surface area contributed by atoms with Gasteiger partial charge in [-0.25, -0.2) is 9.18 Å². The zero-order valence-electron chi connectivity index (χ0n) is 12.9. The Labute approximate surface area is 131 Å². The van der Waals surface area contributed by atoms with E-state index in [2.05, 4.69) is 0 Å². The first-order valence-corrected chi connectivity index (χ1v) is 7.18. The van der Waals surface area contributed by atoms with Crippen LogP contribution in [0.1, 0.15) is 44.4 Å². The Kier molecular flexibility index (Phi) is 4.57. The standard InChI is InChI=1S/C15H18F4N2O2/c1-7(2)23-14(22)21-8(3)4-12(20)9-5-11(16)10(6-13(9)21)15(17,18)19/h5-8,12H,4,20H2,1-3H3. The summed E-state index contributed by atoms with van der Waals surface area (Å²) in [5, 5.41) is 0. The predicted octanol–water partition coefficient (Wildman–Crippen LogP) is 3.99. The summed E-state index contributed by atoms with van der Waals surface area (Å²) in [7, 11) is 0. The highest BCUT2D eigenvalue weighted by molar-refractivity contribution is 5.90. The number of hydrogen-bond acceptors (Lipinski definition) is 3. The third-order valence-electron chi connectivity index (χ3n) is 3.65. The number of carbonyl (C=O) groups excluding carboxylic acids is 1. The first kappa shape index (κ1) is 17.5. The van der Waals surface area contributed by atoms with Crippen molar-refractivity contribution in [1.82, 2.24) is 0 Å². The normalized spacial score (nSPS) is 21.3. The van der Waals surface area contributed by atoms with Crippen molar-refractivity contribution in [3.63, 3.8) is 0 Å². The number of anilines is 1. The Bertz CT molecular complexity index is 616. The monoisotopic (exact) mass is 334 g/mol. The van der Waals surface area contributed by atoms with Crippen LogP contribution < -0.4 is 10.6 Å². The summed E-state index contributed by atoms with van der Waals surface area (Å²) < 4.78 is 57.7. The van der Waals surface area contributed by atoms with E-state index in [9.17, 15) is 22.4 Å². The van der Waals surface area contributed by atoms with E-state index in [1.807, 2.05) is 0 Å². The first-order valence-electron chi connectivity index (χ1n) is 7.18. The predicted molar refractivity (Wildman–Crippen MR) is 76.5 cm³/mol. The van der Waals surface area contributed by atoms with Crippen LogP contribution in [0.25, 0.3) is 0 Å². The molecule has 0 spiro atoms. The molecule has 0 saturated carbocycles. The van der Waals surface area contributed by atoms with E-state index < -0.39 is 41.8 Å². The topological polar surface area (TPSA) is 55.6 Å². The third kappa shape index (κ3) is 3.41. The molecule has 128 valence electrons. The summed E-state index contributed by atoms with van der Waals surface area (Å²) in [5.41, 5.74) is 4.57. The van der Waals surface area contributed by atoms with Gasteiger partial charge in [0, 0.05) is 12.1 Å². The van der Waals surface area contributed by atoms with E-state index in [1.54, 1.807) is 20.8 Å². The van der Waals surface area contributed by atoms with Crippen molar-refractivity contribution in [2.75, 3.05) is 4.90 Å². The Morgan fingerprint density at radius 3 is 2.52 bits per heavy atom. The smallest absolute Gasteiger partial charge is 0.419 e. The lowest BCUT2D eigenvalue weighted by atomic mass is 9.91. The number of carbonyl (C=O) groups is 1. The molecule has 23 heavy (non-hydrogen) atoms. The fourth-order valence-corrected chi connectivity index (χ4v) is 2.67. The highest BCUT2D eigenvalue weighted by atomic mass is 19.4. The lowest BCUT2D eigenvalue weighted by Crippen LogP contribution is -2.45. The highest BCUT2D eigenvalue weighted by Crippen LogP contribution is 2.41. The Morgan fingerprint density at radius 2 is 2.00 bits per heavy atom. The molecular formula is C15H18F4N2O2. The van der Waals surface area contributed by atoms with E-state index in [0.717, 1.165) is 11.0 Å². The summed E-state index contributed by atoms with van der Waals surface area (Å²) in [5.74, 6) is -1.40. The SMILES string of the molecule is CC(C)OC(=O)N1c2cc(C(F)(F)F)c(F)cc2C(N)CC1C. The van der Waals surface area contributed by atoms with Crippen LogP contribution in [-0.4, -0.2) is 18.2 Å². The van der Waals surface area contributed by atoms with Crippen molar-refractivity contribution >= 4 is 11.8 Å². The number of nitrogens with zero attached hydrogens (tertiary/aromatic N) is 1. The molecule has 1 heterocycles. The van der Waals surface area contributed by atoms with Gasteiger partial charge in [0.15, 0.2) is 0 Å². The molecule has 8 heteroatoms. The van der Waals surface area contributed by atoms with Crippen LogP contribution in [0.2, 0.25) is 0 Å². The van der Waals surface area contributed by atoms with Crippen molar-refractivity contribution in [2.45, 2.75) is 51.6 Å². The zero-order valence-corrected chi connectivity index (χ0v) is 12.9. The molecule has 0 radical (unpaired) electrons. The van der Waals surface area contributed by atoms with Crippen LogP contribution in [0.3, 0.4) is 0 Å². The Balaban J connectivity index is 2.57. The fraction of sp³-hybridized carbons (Fsp3) is 0.533. The average Bonchev–Trinajstić information content (AvgIpc) is 2.36. The van der Waals surface area contributed by atoms with Gasteiger partial charge in [-0.3, -0.25) is 4.90 Å². The fourth-order valence-electron chi connectivity index (χ4n) is 2.67. The van der Waals surface area contributed by atoms with Crippen LogP contribution in [-0.2, 0) is 10.9 Å². The minimum atomic E-state index is -4.86. The second kappa shape index (κ2) is 5.99. The number of hydrogen-bond donors (Lipinski definition) is 1. The molecule has 1 aromatic rings. The molecule has 0 saturated heterocycles. The van der Waals surface area contributed by atoms with Crippen LogP contribution in [0.4, 0.5) is 28.0 Å². The molecule has 0 aromatic heterocycles. The highest BCUT2D eigenvalue weighted by Gasteiger charge is 2.40. The van der Waals surface area contributed by atoms with Crippen molar-refractivity contribution in [3.8, 4) is 0 Å². The van der Waals surface area contributed by atoms with Gasteiger partial charge in [-0.15, -0.1) is 0 Å². The van der Waals surface area contributed by atoms with Gasteiger partial charge >= 0.3 is 12.3 Å². The van der Waals surface area contributed by atoms with Crippen LogP contribution >= 0.6 is 0 Å². The van der Waals surface area contributed by atoms with Gasteiger partial charge in [0.05, 0.1) is 17.4 Å². The molecule has 2 atom stereocenters. The van der Waals surface area contributed by atoms with Crippen molar-refractivity contribution in [1.29, 1.82) is 0 Å². The average molecular weight is 334 g/mol. The van der Waals surface area contributed by atoms with Gasteiger partial charge in [-0.2, -0.15) is 13.2 Å². The largest absolute Gasteiger partial charge is 0.446 e. The lowest BCUT2D eigenvalue weighted by molar-refractivity contribution is -0.140. The number of alkyl halides is 3. The number of ether oxygens (including phenoxy) is 1. The molecule has 0 bridgehead atoms. The third-order valence-corrected chi connectivity index (χ3v) is 3.65. The minimum absolute atomic E-state index is 0.0596. The van der Waals surface area contributed by atoms with Crippen LogP contribution in [0.15, 0.2) is 12.1 Å². The van der Waals surface area contributed by atoms with Gasteiger partial charge in [0.2, 0.25) is 0 Å². The van der Waals surface area contributed by atoms with Crippen molar-refractivity contribution in [3.05, 3.63) is 29.1 Å². The Hall–Kier alpha value is -1.83. The maximum absolute atomic E-state index is 13.8. The molecule has 2 unspecified atom stereocenters. The van der Waals surface area contributed by atoms with E-state index in [4.69, 9.17) is 10.5 Å². The lowest BCUT2D eigenvalue weighted by Gasteiger charge is -2.38. The number of fused-ring (bicyclic) bond motifs is 1. The van der Waals surface area contributed by atoms with E-state index in [-0.39, 0.29) is 11.3 Å². The molecule has 1 aromatic carbocycles. The molecule has 1 aliphatic rings. The maximum atomic E-state index is 13.8. The second-order valence-corrected chi connectivity index (χ2v) is 5.88. The van der Waals surface area contributed by atoms with Gasteiger partial charge in [-0.05, 0) is 44.9 Å². The molecule has 2 N–H and O–H groups in total. The summed E-state index contributed by atoms with van der Waals surface area (Å²) in [4.78, 5) is 13.3. The summed E-state index contributed by atoms with van der Waals surface area (Å²) in [6.45, 7) is 4.91. The molecule has 0 aliphatic carbocycles. The van der Waals surface area contributed by atoms with Crippen LogP contribution in [0, 0.1) is 5.82 Å². The summed E-state index contributed by atoms with van der Waals surface area (Å²) in [6.07, 6.45) is -5.78. The molecular weight excluding hydrogens is 316 g/mol. The molecule has 4 nitrogen and oxygen atoms in total. The van der Waals surface area contributed by atoms with Gasteiger partial charge in [0.25, 0.3) is 0 Å². The van der Waals surface area contributed by atoms with Crippen molar-refractivity contribution in [2.24, 2.45) is 5.73 Å². The molecule has 1 aliphatic heterocycles. The zero-order chi connectivity index (χ0) is 17.5. The number of nitrogens with two attached hydrogens (primary N) is 1. The maximum Gasteiger partial charge on any atom is 0.419 e. The van der Waals surface area contributed by atoms with Gasteiger partial charge in [-0.1, -0.05) is 0 Å². The summed E-state index contributed by atoms with van der Waals surface area (Å²) >= 11 is 0. The van der Waals surface area contributed by atoms with E-state index in [0.29, 0.717) is 12.5 Å². The van der Waals surface area contributed by atoms with E-state index in [1.165, 1.54) is 0 Å². The van der Waals surface area contributed by atoms with Gasteiger partial charge < -0.3 is 10.5 Å². The Morgan fingerprint density at radius 1 is 1.39 bits per heavy atom. The number of benzene rings is 1. The first-order chi connectivity index (χ1) is 10.5.